The molecule has 5 heteroatoms. The summed E-state index contributed by atoms with van der Waals surface area (Å²) in [5.74, 6) is 0.187. The van der Waals surface area contributed by atoms with Crippen molar-refractivity contribution < 1.29 is 9.59 Å². The molecular weight excluding hydrogens is 338 g/mol. The highest BCUT2D eigenvalue weighted by Crippen LogP contribution is 2.43. The van der Waals surface area contributed by atoms with Gasteiger partial charge in [-0.25, -0.2) is 0 Å². The first kappa shape index (κ1) is 16.8. The van der Waals surface area contributed by atoms with E-state index in [4.69, 9.17) is 0 Å². The lowest BCUT2D eigenvalue weighted by molar-refractivity contribution is -0.168. The molecule has 5 rings (SSSR count). The third-order valence-electron chi connectivity index (χ3n) is 6.98. The zero-order chi connectivity index (χ0) is 18.6. The van der Waals surface area contributed by atoms with E-state index in [0.717, 1.165) is 43.3 Å². The fourth-order valence-corrected chi connectivity index (χ4v) is 5.50. The van der Waals surface area contributed by atoms with E-state index in [0.29, 0.717) is 6.54 Å². The first-order valence-corrected chi connectivity index (χ1v) is 10.3. The van der Waals surface area contributed by atoms with Gasteiger partial charge in [-0.05, 0) is 37.8 Å². The molecule has 1 saturated carbocycles. The predicted octanol–water partition coefficient (Wildman–Crippen LogP) is 3.33. The highest BCUT2D eigenvalue weighted by atomic mass is 16.2. The molecule has 3 heterocycles. The van der Waals surface area contributed by atoms with E-state index in [1.165, 1.54) is 23.8 Å². The van der Waals surface area contributed by atoms with Gasteiger partial charge in [0.05, 0.1) is 5.69 Å². The van der Waals surface area contributed by atoms with Crippen LogP contribution in [0.15, 0.2) is 24.3 Å². The van der Waals surface area contributed by atoms with Gasteiger partial charge in [0.1, 0.15) is 6.54 Å². The van der Waals surface area contributed by atoms with Gasteiger partial charge in [-0.2, -0.15) is 0 Å². The number of carbonyl (C=O) groups excluding carboxylic acids is 2. The van der Waals surface area contributed by atoms with E-state index in [1.807, 2.05) is 28.9 Å². The molecule has 1 saturated heterocycles. The summed E-state index contributed by atoms with van der Waals surface area (Å²) in [6.07, 6.45) is 7.63. The highest BCUT2D eigenvalue weighted by molar-refractivity contribution is 6.00. The second-order valence-electron chi connectivity index (χ2n) is 8.47. The average Bonchev–Trinajstić information content (AvgIpc) is 2.86. The molecule has 0 bridgehead atoms. The molecule has 2 aromatic rings. The number of hydrogen-bond donors (Lipinski definition) is 1. The SMILES string of the molecule is C[C@@]12C(=O)N(C3CCCCCC3)CC(=O)N1CCc1c2[nH]c2ccccc12. The summed E-state index contributed by atoms with van der Waals surface area (Å²) in [6, 6.07) is 8.42. The van der Waals surface area contributed by atoms with Gasteiger partial charge in [-0.3, -0.25) is 9.59 Å². The fourth-order valence-electron chi connectivity index (χ4n) is 5.50. The number of piperazine rings is 1. The number of aromatic nitrogens is 1. The lowest BCUT2D eigenvalue weighted by atomic mass is 9.82. The summed E-state index contributed by atoms with van der Waals surface area (Å²) in [7, 11) is 0. The third kappa shape index (κ3) is 2.36. The van der Waals surface area contributed by atoms with Crippen molar-refractivity contribution in [2.45, 2.75) is 63.5 Å². The van der Waals surface area contributed by atoms with Crippen LogP contribution in [0.2, 0.25) is 0 Å². The summed E-state index contributed by atoms with van der Waals surface area (Å²) in [6.45, 7) is 2.81. The molecule has 1 aromatic carbocycles. The summed E-state index contributed by atoms with van der Waals surface area (Å²) in [5, 5.41) is 1.18. The Morgan fingerprint density at radius 2 is 1.81 bits per heavy atom. The van der Waals surface area contributed by atoms with Crippen molar-refractivity contribution in [1.29, 1.82) is 0 Å². The molecule has 2 fully saturated rings. The number of amides is 2. The van der Waals surface area contributed by atoms with Crippen LogP contribution in [0.5, 0.6) is 0 Å². The third-order valence-corrected chi connectivity index (χ3v) is 6.98. The van der Waals surface area contributed by atoms with E-state index in [1.54, 1.807) is 0 Å². The molecule has 0 radical (unpaired) electrons. The van der Waals surface area contributed by atoms with E-state index in [9.17, 15) is 9.59 Å². The Bertz CT molecular complexity index is 909. The maximum atomic E-state index is 13.8. The highest BCUT2D eigenvalue weighted by Gasteiger charge is 2.55. The lowest BCUT2D eigenvalue weighted by Crippen LogP contribution is -2.68. The van der Waals surface area contributed by atoms with Crippen molar-refractivity contribution in [3.8, 4) is 0 Å². The number of nitrogens with one attached hydrogen (secondary N) is 1. The number of carbonyl (C=O) groups is 2. The Morgan fingerprint density at radius 1 is 1.07 bits per heavy atom. The Kier molecular flexibility index (Phi) is 3.81. The Morgan fingerprint density at radius 3 is 2.59 bits per heavy atom. The van der Waals surface area contributed by atoms with Gasteiger partial charge < -0.3 is 14.8 Å². The number of fused-ring (bicyclic) bond motifs is 5. The molecule has 0 spiro atoms. The maximum Gasteiger partial charge on any atom is 0.255 e. The summed E-state index contributed by atoms with van der Waals surface area (Å²) in [5.41, 5.74) is 2.27. The van der Waals surface area contributed by atoms with Gasteiger partial charge >= 0.3 is 0 Å². The molecule has 1 atom stereocenters. The molecule has 3 aliphatic rings. The number of H-pyrrole nitrogens is 1. The molecule has 5 nitrogen and oxygen atoms in total. The van der Waals surface area contributed by atoms with Gasteiger partial charge in [0.2, 0.25) is 5.91 Å². The standard InChI is InChI=1S/C22H27N3O2/c1-22-20-17(16-10-6-7-11-18(16)23-20)12-13-25(22)19(26)14-24(21(22)27)15-8-4-2-3-5-9-15/h6-7,10-11,15,23H,2-5,8-9,12-14H2,1H3/t22-/m1/s1. The van der Waals surface area contributed by atoms with Crippen molar-refractivity contribution in [2.24, 2.45) is 0 Å². The number of rotatable bonds is 1. The second kappa shape index (κ2) is 6.11. The number of aromatic amines is 1. The van der Waals surface area contributed by atoms with Crippen LogP contribution in [0.4, 0.5) is 0 Å². The van der Waals surface area contributed by atoms with Gasteiger partial charge in [-0.15, -0.1) is 0 Å². The largest absolute Gasteiger partial charge is 0.356 e. The predicted molar refractivity (Wildman–Crippen MR) is 104 cm³/mol. The van der Waals surface area contributed by atoms with Crippen LogP contribution in [0, 0.1) is 0 Å². The molecular formula is C22H27N3O2. The number of benzene rings is 1. The molecule has 2 aliphatic heterocycles. The normalized spacial score (nSPS) is 26.9. The number of para-hydroxylation sites is 1. The van der Waals surface area contributed by atoms with Gasteiger partial charge in [0, 0.05) is 23.5 Å². The molecule has 142 valence electrons. The summed E-state index contributed by atoms with van der Waals surface area (Å²) < 4.78 is 0. The van der Waals surface area contributed by atoms with Crippen LogP contribution < -0.4 is 0 Å². The topological polar surface area (TPSA) is 56.4 Å². The van der Waals surface area contributed by atoms with Crippen LogP contribution in [0.25, 0.3) is 10.9 Å². The minimum Gasteiger partial charge on any atom is -0.356 e. The van der Waals surface area contributed by atoms with Crippen LogP contribution in [-0.2, 0) is 21.5 Å². The Labute approximate surface area is 159 Å². The van der Waals surface area contributed by atoms with E-state index in [2.05, 4.69) is 17.1 Å². The smallest absolute Gasteiger partial charge is 0.255 e. The van der Waals surface area contributed by atoms with Crippen molar-refractivity contribution in [3.63, 3.8) is 0 Å². The lowest BCUT2D eigenvalue weighted by Gasteiger charge is -2.51. The van der Waals surface area contributed by atoms with Crippen molar-refractivity contribution in [1.82, 2.24) is 14.8 Å². The van der Waals surface area contributed by atoms with Crippen LogP contribution in [-0.4, -0.2) is 45.7 Å². The summed E-state index contributed by atoms with van der Waals surface area (Å²) in [4.78, 5) is 34.1. The van der Waals surface area contributed by atoms with Crippen LogP contribution in [0.1, 0.15) is 56.7 Å². The van der Waals surface area contributed by atoms with Gasteiger partial charge in [0.15, 0.2) is 5.54 Å². The zero-order valence-corrected chi connectivity index (χ0v) is 16.0. The molecule has 2 amide bonds. The van der Waals surface area contributed by atoms with Crippen molar-refractivity contribution in [3.05, 3.63) is 35.5 Å². The second-order valence-corrected chi connectivity index (χ2v) is 8.47. The maximum absolute atomic E-state index is 13.8. The molecule has 27 heavy (non-hydrogen) atoms. The van der Waals surface area contributed by atoms with E-state index in [-0.39, 0.29) is 24.4 Å². The minimum absolute atomic E-state index is 0.0886. The first-order valence-electron chi connectivity index (χ1n) is 10.3. The van der Waals surface area contributed by atoms with E-state index >= 15 is 0 Å². The van der Waals surface area contributed by atoms with E-state index < -0.39 is 5.54 Å². The molecule has 1 N–H and O–H groups in total. The summed E-state index contributed by atoms with van der Waals surface area (Å²) >= 11 is 0. The van der Waals surface area contributed by atoms with Gasteiger partial charge in [0.25, 0.3) is 5.91 Å². The molecule has 1 aromatic heterocycles. The van der Waals surface area contributed by atoms with Crippen LogP contribution >= 0.6 is 0 Å². The van der Waals surface area contributed by atoms with Crippen LogP contribution in [0.3, 0.4) is 0 Å². The van der Waals surface area contributed by atoms with Crippen molar-refractivity contribution >= 4 is 22.7 Å². The number of nitrogens with zero attached hydrogens (tertiary/aromatic N) is 2. The Balaban J connectivity index is 1.61. The monoisotopic (exact) mass is 365 g/mol. The number of hydrogen-bond acceptors (Lipinski definition) is 2. The molecule has 0 unspecified atom stereocenters. The van der Waals surface area contributed by atoms with Crippen molar-refractivity contribution in [2.75, 3.05) is 13.1 Å². The fraction of sp³-hybridized carbons (Fsp3) is 0.545. The average molecular weight is 365 g/mol. The zero-order valence-electron chi connectivity index (χ0n) is 16.0. The first-order chi connectivity index (χ1) is 13.1. The molecule has 1 aliphatic carbocycles. The Hall–Kier alpha value is -2.30. The minimum atomic E-state index is -0.908. The van der Waals surface area contributed by atoms with Gasteiger partial charge in [-0.1, -0.05) is 43.9 Å². The quantitative estimate of drug-likeness (QED) is 0.788.